The number of phenols is 1. The van der Waals surface area contributed by atoms with Gasteiger partial charge >= 0.3 is 6.09 Å². The van der Waals surface area contributed by atoms with Gasteiger partial charge < -0.3 is 25.2 Å². The van der Waals surface area contributed by atoms with Gasteiger partial charge in [0.05, 0.1) is 7.11 Å². The molecule has 1 aromatic rings. The summed E-state index contributed by atoms with van der Waals surface area (Å²) in [5.41, 5.74) is 0.242. The van der Waals surface area contributed by atoms with E-state index in [1.54, 1.807) is 6.07 Å². The molecule has 1 unspecified atom stereocenters. The van der Waals surface area contributed by atoms with Gasteiger partial charge in [0, 0.05) is 24.7 Å². The van der Waals surface area contributed by atoms with Crippen LogP contribution in [0.4, 0.5) is 4.79 Å². The van der Waals surface area contributed by atoms with Crippen LogP contribution < -0.4 is 15.4 Å². The molecule has 23 heavy (non-hydrogen) atoms. The van der Waals surface area contributed by atoms with Crippen LogP contribution in [0, 0.1) is 0 Å². The van der Waals surface area contributed by atoms with Gasteiger partial charge in [-0.3, -0.25) is 0 Å². The number of para-hydroxylation sites is 1. The molecule has 1 rings (SSSR count). The van der Waals surface area contributed by atoms with Gasteiger partial charge in [-0.1, -0.05) is 19.1 Å². The second-order valence-corrected chi connectivity index (χ2v) is 6.34. The second kappa shape index (κ2) is 8.62. The van der Waals surface area contributed by atoms with Crippen LogP contribution >= 0.6 is 0 Å². The number of aromatic hydroxyl groups is 1. The third kappa shape index (κ3) is 6.78. The lowest BCUT2D eigenvalue weighted by Crippen LogP contribution is -2.42. The summed E-state index contributed by atoms with van der Waals surface area (Å²) >= 11 is 0. The highest BCUT2D eigenvalue weighted by Gasteiger charge is 2.17. The molecule has 6 nitrogen and oxygen atoms in total. The van der Waals surface area contributed by atoms with Crippen molar-refractivity contribution in [3.8, 4) is 11.5 Å². The number of benzene rings is 1. The smallest absolute Gasteiger partial charge is 0.407 e. The van der Waals surface area contributed by atoms with Crippen molar-refractivity contribution in [2.24, 2.45) is 0 Å². The monoisotopic (exact) mass is 324 g/mol. The minimum Gasteiger partial charge on any atom is -0.504 e. The molecular weight excluding hydrogens is 296 g/mol. The number of carbonyl (C=O) groups excluding carboxylic acids is 1. The van der Waals surface area contributed by atoms with Gasteiger partial charge in [0.2, 0.25) is 0 Å². The van der Waals surface area contributed by atoms with Crippen molar-refractivity contribution in [3.63, 3.8) is 0 Å². The van der Waals surface area contributed by atoms with Gasteiger partial charge in [0.1, 0.15) is 5.60 Å². The summed E-state index contributed by atoms with van der Waals surface area (Å²) in [6.07, 6.45) is 0.405. The topological polar surface area (TPSA) is 79.8 Å². The number of carbonyl (C=O) groups is 1. The Morgan fingerprint density at radius 1 is 1.35 bits per heavy atom. The summed E-state index contributed by atoms with van der Waals surface area (Å²) in [5, 5.41) is 16.1. The van der Waals surface area contributed by atoms with Gasteiger partial charge in [0.15, 0.2) is 11.5 Å². The normalized spacial score (nSPS) is 12.6. The SMILES string of the molecule is CCC(CNC(=O)OC(C)(C)C)NCc1cccc(OC)c1O. The van der Waals surface area contributed by atoms with E-state index in [1.165, 1.54) is 7.11 Å². The Balaban J connectivity index is 2.50. The Kier molecular flexibility index (Phi) is 7.16. The third-order valence-corrected chi connectivity index (χ3v) is 3.27. The summed E-state index contributed by atoms with van der Waals surface area (Å²) in [5.74, 6) is 0.585. The number of alkyl carbamates (subject to hydrolysis) is 1. The van der Waals surface area contributed by atoms with Crippen molar-refractivity contribution in [1.29, 1.82) is 0 Å². The number of hydrogen-bond acceptors (Lipinski definition) is 5. The zero-order valence-electron chi connectivity index (χ0n) is 14.6. The van der Waals surface area contributed by atoms with E-state index >= 15 is 0 Å². The molecular formula is C17H28N2O4. The number of rotatable bonds is 7. The van der Waals surface area contributed by atoms with Gasteiger partial charge in [-0.05, 0) is 33.3 Å². The largest absolute Gasteiger partial charge is 0.504 e. The first-order valence-electron chi connectivity index (χ1n) is 7.82. The Morgan fingerprint density at radius 2 is 2.04 bits per heavy atom. The first-order chi connectivity index (χ1) is 10.8. The average molecular weight is 324 g/mol. The second-order valence-electron chi connectivity index (χ2n) is 6.34. The fourth-order valence-electron chi connectivity index (χ4n) is 2.01. The Labute approximate surface area is 138 Å². The van der Waals surface area contributed by atoms with Crippen LogP contribution in [0.5, 0.6) is 11.5 Å². The molecule has 0 heterocycles. The van der Waals surface area contributed by atoms with Crippen LogP contribution in [0.25, 0.3) is 0 Å². The van der Waals surface area contributed by atoms with Crippen molar-refractivity contribution in [2.75, 3.05) is 13.7 Å². The molecule has 1 aromatic carbocycles. The molecule has 130 valence electrons. The molecule has 0 radical (unpaired) electrons. The van der Waals surface area contributed by atoms with Crippen LogP contribution in [-0.2, 0) is 11.3 Å². The van der Waals surface area contributed by atoms with Crippen molar-refractivity contribution >= 4 is 6.09 Å². The molecule has 1 amide bonds. The first-order valence-corrected chi connectivity index (χ1v) is 7.82. The van der Waals surface area contributed by atoms with Crippen molar-refractivity contribution in [1.82, 2.24) is 10.6 Å². The van der Waals surface area contributed by atoms with E-state index in [9.17, 15) is 9.90 Å². The molecule has 0 aliphatic carbocycles. The fourth-order valence-corrected chi connectivity index (χ4v) is 2.01. The molecule has 0 aromatic heterocycles. The Bertz CT molecular complexity index is 512. The summed E-state index contributed by atoms with van der Waals surface area (Å²) in [4.78, 5) is 11.7. The summed E-state index contributed by atoms with van der Waals surface area (Å²) < 4.78 is 10.3. The van der Waals surface area contributed by atoms with Gasteiger partial charge in [0.25, 0.3) is 0 Å². The zero-order valence-corrected chi connectivity index (χ0v) is 14.6. The van der Waals surface area contributed by atoms with Crippen molar-refractivity contribution < 1.29 is 19.4 Å². The summed E-state index contributed by atoms with van der Waals surface area (Å²) in [6.45, 7) is 8.45. The molecule has 0 bridgehead atoms. The first kappa shape index (κ1) is 19.1. The van der Waals surface area contributed by atoms with E-state index < -0.39 is 11.7 Å². The maximum atomic E-state index is 11.7. The van der Waals surface area contributed by atoms with Crippen LogP contribution in [0.3, 0.4) is 0 Å². The molecule has 0 aliphatic heterocycles. The molecule has 0 saturated carbocycles. The predicted molar refractivity (Wildman–Crippen MR) is 89.8 cm³/mol. The number of ether oxygens (including phenoxy) is 2. The maximum absolute atomic E-state index is 11.7. The minimum atomic E-state index is -0.508. The van der Waals surface area contributed by atoms with Crippen LogP contribution in [0.2, 0.25) is 0 Å². The lowest BCUT2D eigenvalue weighted by Gasteiger charge is -2.22. The molecule has 0 aliphatic rings. The summed E-state index contributed by atoms with van der Waals surface area (Å²) in [7, 11) is 1.52. The lowest BCUT2D eigenvalue weighted by atomic mass is 10.1. The van der Waals surface area contributed by atoms with Gasteiger partial charge in [-0.2, -0.15) is 0 Å². The minimum absolute atomic E-state index is 0.0770. The maximum Gasteiger partial charge on any atom is 0.407 e. The van der Waals surface area contributed by atoms with E-state index in [4.69, 9.17) is 9.47 Å². The molecule has 0 spiro atoms. The fraction of sp³-hybridized carbons (Fsp3) is 0.588. The van der Waals surface area contributed by atoms with E-state index in [0.717, 1.165) is 12.0 Å². The van der Waals surface area contributed by atoms with Crippen LogP contribution in [0.1, 0.15) is 39.7 Å². The third-order valence-electron chi connectivity index (χ3n) is 3.27. The molecule has 6 heteroatoms. The van der Waals surface area contributed by atoms with Crippen LogP contribution in [0.15, 0.2) is 18.2 Å². The molecule has 0 fully saturated rings. The highest BCUT2D eigenvalue weighted by molar-refractivity contribution is 5.67. The molecule has 1 atom stereocenters. The highest BCUT2D eigenvalue weighted by Crippen LogP contribution is 2.29. The number of phenolic OH excluding ortho intramolecular Hbond substituents is 1. The van der Waals surface area contributed by atoms with Crippen molar-refractivity contribution in [2.45, 2.75) is 52.3 Å². The predicted octanol–water partition coefficient (Wildman–Crippen LogP) is 2.79. The lowest BCUT2D eigenvalue weighted by molar-refractivity contribution is 0.0522. The highest BCUT2D eigenvalue weighted by atomic mass is 16.6. The van der Waals surface area contributed by atoms with E-state index in [0.29, 0.717) is 18.8 Å². The van der Waals surface area contributed by atoms with E-state index in [1.807, 2.05) is 39.8 Å². The number of hydrogen-bond donors (Lipinski definition) is 3. The van der Waals surface area contributed by atoms with Gasteiger partial charge in [-0.25, -0.2) is 4.79 Å². The summed E-state index contributed by atoms with van der Waals surface area (Å²) in [6, 6.07) is 5.45. The molecule has 0 saturated heterocycles. The quantitative estimate of drug-likeness (QED) is 0.719. The number of nitrogens with one attached hydrogen (secondary N) is 2. The van der Waals surface area contributed by atoms with Gasteiger partial charge in [-0.15, -0.1) is 0 Å². The van der Waals surface area contributed by atoms with Crippen molar-refractivity contribution in [3.05, 3.63) is 23.8 Å². The average Bonchev–Trinajstić information content (AvgIpc) is 2.47. The standard InChI is InChI=1S/C17H28N2O4/c1-6-13(11-19-16(21)23-17(2,3)4)18-10-12-8-7-9-14(22-5)15(12)20/h7-9,13,18,20H,6,10-11H2,1-5H3,(H,19,21). The zero-order chi connectivity index (χ0) is 17.5. The molecule has 3 N–H and O–H groups in total. The van der Waals surface area contributed by atoms with Crippen LogP contribution in [-0.4, -0.2) is 36.5 Å². The van der Waals surface area contributed by atoms with E-state index in [2.05, 4.69) is 10.6 Å². The number of amides is 1. The number of methoxy groups -OCH3 is 1. The Morgan fingerprint density at radius 3 is 2.61 bits per heavy atom. The Hall–Kier alpha value is -1.95. The van der Waals surface area contributed by atoms with E-state index in [-0.39, 0.29) is 11.8 Å².